The maximum absolute atomic E-state index is 12.4. The van der Waals surface area contributed by atoms with Crippen molar-refractivity contribution in [2.75, 3.05) is 5.32 Å². The van der Waals surface area contributed by atoms with E-state index in [2.05, 4.69) is 24.3 Å². The molecule has 0 bridgehead atoms. The van der Waals surface area contributed by atoms with Gasteiger partial charge in [0.2, 0.25) is 0 Å². The van der Waals surface area contributed by atoms with Gasteiger partial charge in [0, 0.05) is 11.9 Å². The lowest BCUT2D eigenvalue weighted by Crippen LogP contribution is -2.10. The van der Waals surface area contributed by atoms with Crippen LogP contribution in [-0.4, -0.2) is 20.8 Å². The fraction of sp³-hybridized carbons (Fsp3) is 0.294. The molecule has 3 rings (SSSR count). The van der Waals surface area contributed by atoms with Gasteiger partial charge in [0.15, 0.2) is 0 Å². The van der Waals surface area contributed by atoms with Crippen LogP contribution in [0.1, 0.15) is 29.2 Å². The van der Waals surface area contributed by atoms with Crippen LogP contribution in [0, 0.1) is 12.8 Å². The molecular weight excluding hydrogens is 310 g/mol. The third kappa shape index (κ3) is 3.07. The van der Waals surface area contributed by atoms with Crippen LogP contribution in [0.25, 0.3) is 10.2 Å². The molecule has 0 atom stereocenters. The maximum Gasteiger partial charge on any atom is 0.265 e. The van der Waals surface area contributed by atoms with Gasteiger partial charge in [0.05, 0.1) is 16.3 Å². The maximum atomic E-state index is 12.4. The van der Waals surface area contributed by atoms with Gasteiger partial charge in [-0.2, -0.15) is 5.10 Å². The van der Waals surface area contributed by atoms with Crippen molar-refractivity contribution in [2.45, 2.75) is 27.3 Å². The van der Waals surface area contributed by atoms with Gasteiger partial charge >= 0.3 is 0 Å². The molecule has 6 heteroatoms. The molecule has 0 aliphatic heterocycles. The molecule has 2 heterocycles. The third-order valence-electron chi connectivity index (χ3n) is 3.52. The first kappa shape index (κ1) is 15.6. The number of phenolic OH excluding ortho intramolecular Hbond substituents is 1. The van der Waals surface area contributed by atoms with Crippen LogP contribution < -0.4 is 5.32 Å². The van der Waals surface area contributed by atoms with Gasteiger partial charge in [-0.05, 0) is 31.0 Å². The number of aromatic hydroxyl groups is 1. The molecule has 5 nitrogen and oxygen atoms in total. The smallest absolute Gasteiger partial charge is 0.265 e. The summed E-state index contributed by atoms with van der Waals surface area (Å²) in [6, 6.07) is 8.57. The normalized spacial score (nSPS) is 11.3. The van der Waals surface area contributed by atoms with Crippen molar-refractivity contribution in [3.63, 3.8) is 0 Å². The molecule has 0 unspecified atom stereocenters. The lowest BCUT2D eigenvalue weighted by molar-refractivity contribution is 0.103. The van der Waals surface area contributed by atoms with Gasteiger partial charge in [-0.3, -0.25) is 9.48 Å². The number of aromatic nitrogens is 2. The summed E-state index contributed by atoms with van der Waals surface area (Å²) in [6.45, 7) is 7.06. The summed E-state index contributed by atoms with van der Waals surface area (Å²) in [5.41, 5.74) is 1.34. The second kappa shape index (κ2) is 6.04. The van der Waals surface area contributed by atoms with E-state index in [-0.39, 0.29) is 11.7 Å². The van der Waals surface area contributed by atoms with Crippen LogP contribution in [-0.2, 0) is 6.54 Å². The van der Waals surface area contributed by atoms with E-state index >= 15 is 0 Å². The summed E-state index contributed by atoms with van der Waals surface area (Å²) < 4.78 is 1.97. The largest absolute Gasteiger partial charge is 0.506 e. The molecule has 0 aliphatic rings. The van der Waals surface area contributed by atoms with Crippen LogP contribution in [0.15, 0.2) is 30.3 Å². The van der Waals surface area contributed by atoms with E-state index in [0.29, 0.717) is 16.5 Å². The molecule has 2 aromatic heterocycles. The molecule has 23 heavy (non-hydrogen) atoms. The number of carbonyl (C=O) groups excluding carboxylic acids is 1. The van der Waals surface area contributed by atoms with E-state index < -0.39 is 0 Å². The van der Waals surface area contributed by atoms with Gasteiger partial charge in [0.1, 0.15) is 10.6 Å². The Morgan fingerprint density at radius 1 is 1.39 bits per heavy atom. The van der Waals surface area contributed by atoms with Crippen LogP contribution in [0.3, 0.4) is 0 Å². The predicted octanol–water partition coefficient (Wildman–Crippen LogP) is 4.02. The molecule has 0 aliphatic carbocycles. The Kier molecular flexibility index (Phi) is 4.09. The number of hydrogen-bond acceptors (Lipinski definition) is 4. The van der Waals surface area contributed by atoms with Crippen LogP contribution in [0.2, 0.25) is 0 Å². The third-order valence-corrected chi connectivity index (χ3v) is 4.67. The number of rotatable bonds is 4. The van der Waals surface area contributed by atoms with Crippen molar-refractivity contribution in [3.05, 3.63) is 40.9 Å². The molecule has 0 radical (unpaired) electrons. The minimum absolute atomic E-state index is 0.0594. The number of aryl methyl sites for hydroxylation is 1. The second-order valence-electron chi connectivity index (χ2n) is 5.96. The fourth-order valence-electron chi connectivity index (χ4n) is 2.46. The van der Waals surface area contributed by atoms with E-state index in [1.807, 2.05) is 17.7 Å². The van der Waals surface area contributed by atoms with E-state index in [1.165, 1.54) is 11.3 Å². The Labute approximate surface area is 138 Å². The monoisotopic (exact) mass is 329 g/mol. The molecule has 120 valence electrons. The Hall–Kier alpha value is -2.34. The van der Waals surface area contributed by atoms with Crippen LogP contribution in [0.4, 0.5) is 5.69 Å². The Bertz CT molecular complexity index is 864. The summed E-state index contributed by atoms with van der Waals surface area (Å²) in [5, 5.41) is 18.1. The van der Waals surface area contributed by atoms with Crippen molar-refractivity contribution >= 4 is 33.1 Å². The molecule has 0 fully saturated rings. The highest BCUT2D eigenvalue weighted by Gasteiger charge is 2.17. The highest BCUT2D eigenvalue weighted by molar-refractivity contribution is 7.20. The number of hydrogen-bond donors (Lipinski definition) is 2. The lowest BCUT2D eigenvalue weighted by atomic mass is 10.2. The number of anilines is 1. The summed E-state index contributed by atoms with van der Waals surface area (Å²) in [5.74, 6) is 0.325. The fourth-order valence-corrected chi connectivity index (χ4v) is 3.52. The number of para-hydroxylation sites is 2. The Balaban J connectivity index is 1.91. The molecule has 3 aromatic rings. The quantitative estimate of drug-likeness (QED) is 0.710. The highest BCUT2D eigenvalue weighted by atomic mass is 32.1. The van der Waals surface area contributed by atoms with E-state index in [9.17, 15) is 9.90 Å². The van der Waals surface area contributed by atoms with Gasteiger partial charge in [0.25, 0.3) is 5.91 Å². The van der Waals surface area contributed by atoms with E-state index in [0.717, 1.165) is 22.5 Å². The summed E-state index contributed by atoms with van der Waals surface area (Å²) in [7, 11) is 0. The average Bonchev–Trinajstić information content (AvgIpc) is 3.03. The first-order chi connectivity index (χ1) is 11.0. The number of fused-ring (bicyclic) bond motifs is 1. The second-order valence-corrected chi connectivity index (χ2v) is 6.99. The van der Waals surface area contributed by atoms with Crippen molar-refractivity contribution < 1.29 is 9.90 Å². The SMILES string of the molecule is Cc1nn(CC(C)C)c2sc(C(=O)Nc3ccccc3O)cc12. The molecule has 2 N–H and O–H groups in total. The predicted molar refractivity (Wildman–Crippen MR) is 93.2 cm³/mol. The molecule has 1 aromatic carbocycles. The van der Waals surface area contributed by atoms with Crippen molar-refractivity contribution in [1.29, 1.82) is 0 Å². The number of thiophene rings is 1. The highest BCUT2D eigenvalue weighted by Crippen LogP contribution is 2.30. The van der Waals surface area contributed by atoms with Crippen LogP contribution in [0.5, 0.6) is 5.75 Å². The average molecular weight is 329 g/mol. The number of phenols is 1. The summed E-state index contributed by atoms with van der Waals surface area (Å²) in [4.78, 5) is 14.1. The summed E-state index contributed by atoms with van der Waals surface area (Å²) >= 11 is 1.43. The molecular formula is C17H19N3O2S. The van der Waals surface area contributed by atoms with Crippen molar-refractivity contribution in [2.24, 2.45) is 5.92 Å². The standard InChI is InChI=1S/C17H19N3O2S/c1-10(2)9-20-17-12(11(3)19-20)8-15(23-17)16(22)18-13-6-4-5-7-14(13)21/h4-8,10,21H,9H2,1-3H3,(H,18,22). The van der Waals surface area contributed by atoms with Gasteiger partial charge in [-0.1, -0.05) is 26.0 Å². The van der Waals surface area contributed by atoms with Crippen molar-refractivity contribution in [3.8, 4) is 5.75 Å². The topological polar surface area (TPSA) is 67.2 Å². The number of amides is 1. The number of nitrogens with zero attached hydrogens (tertiary/aromatic N) is 2. The van der Waals surface area contributed by atoms with E-state index in [1.54, 1.807) is 24.3 Å². The zero-order valence-electron chi connectivity index (χ0n) is 13.3. The zero-order valence-corrected chi connectivity index (χ0v) is 14.1. The van der Waals surface area contributed by atoms with Crippen LogP contribution >= 0.6 is 11.3 Å². The molecule has 0 saturated heterocycles. The first-order valence-corrected chi connectivity index (χ1v) is 8.33. The number of nitrogens with one attached hydrogen (secondary N) is 1. The van der Waals surface area contributed by atoms with Gasteiger partial charge in [-0.25, -0.2) is 0 Å². The Morgan fingerprint density at radius 3 is 2.83 bits per heavy atom. The van der Waals surface area contributed by atoms with E-state index in [4.69, 9.17) is 0 Å². The minimum Gasteiger partial charge on any atom is -0.506 e. The molecule has 0 saturated carbocycles. The van der Waals surface area contributed by atoms with Crippen molar-refractivity contribution in [1.82, 2.24) is 9.78 Å². The first-order valence-electron chi connectivity index (χ1n) is 7.52. The summed E-state index contributed by atoms with van der Waals surface area (Å²) in [6.07, 6.45) is 0. The van der Waals surface area contributed by atoms with Gasteiger partial charge < -0.3 is 10.4 Å². The minimum atomic E-state index is -0.219. The zero-order chi connectivity index (χ0) is 16.6. The number of benzene rings is 1. The molecule has 1 amide bonds. The number of carbonyl (C=O) groups is 1. The Morgan fingerprint density at radius 2 is 2.13 bits per heavy atom. The van der Waals surface area contributed by atoms with Gasteiger partial charge in [-0.15, -0.1) is 11.3 Å². The molecule has 0 spiro atoms. The lowest BCUT2D eigenvalue weighted by Gasteiger charge is -2.06.